The van der Waals surface area contributed by atoms with E-state index in [2.05, 4.69) is 10.3 Å². The van der Waals surface area contributed by atoms with Gasteiger partial charge in [-0.3, -0.25) is 4.79 Å². The fraction of sp³-hybridized carbons (Fsp3) is 0.333. The number of thiazole rings is 1. The minimum atomic E-state index is -0.266. The van der Waals surface area contributed by atoms with Crippen molar-refractivity contribution < 1.29 is 23.7 Å². The molecule has 0 aliphatic rings. The molecule has 1 N–H and O–H groups in total. The predicted molar refractivity (Wildman–Crippen MR) is 125 cm³/mol. The van der Waals surface area contributed by atoms with Gasteiger partial charge in [-0.1, -0.05) is 13.8 Å². The van der Waals surface area contributed by atoms with Crippen LogP contribution in [0.4, 0.5) is 5.69 Å². The summed E-state index contributed by atoms with van der Waals surface area (Å²) in [5, 5.41) is 4.83. The third kappa shape index (κ3) is 6.37. The second-order valence-electron chi connectivity index (χ2n) is 6.95. The average molecular weight is 457 g/mol. The van der Waals surface area contributed by atoms with Crippen molar-refractivity contribution in [3.8, 4) is 23.0 Å². The van der Waals surface area contributed by atoms with Gasteiger partial charge in [-0.25, -0.2) is 4.98 Å². The average Bonchev–Trinajstić information content (AvgIpc) is 3.34. The van der Waals surface area contributed by atoms with Gasteiger partial charge in [0.15, 0.2) is 23.0 Å². The van der Waals surface area contributed by atoms with Crippen LogP contribution < -0.4 is 24.3 Å². The SMILES string of the molecule is CCCOc1ccc(NC(=O)c2ccc(OCc3cscn3)c(OC)c2)cc1OCCC. The summed E-state index contributed by atoms with van der Waals surface area (Å²) in [5.41, 5.74) is 3.66. The molecule has 0 atom stereocenters. The predicted octanol–water partition coefficient (Wildman–Crippen LogP) is 5.56. The highest BCUT2D eigenvalue weighted by Gasteiger charge is 2.14. The van der Waals surface area contributed by atoms with Crippen molar-refractivity contribution in [3.63, 3.8) is 0 Å². The van der Waals surface area contributed by atoms with Crippen LogP contribution in [0.5, 0.6) is 23.0 Å². The highest BCUT2D eigenvalue weighted by atomic mass is 32.1. The smallest absolute Gasteiger partial charge is 0.255 e. The lowest BCUT2D eigenvalue weighted by Gasteiger charge is -2.15. The standard InChI is InChI=1S/C24H28N2O5S/c1-4-10-29-21-9-7-18(13-23(21)30-11-5-2)26-24(27)17-6-8-20(22(12-17)28-3)31-14-19-15-32-16-25-19/h6-9,12-13,15-16H,4-5,10-11,14H2,1-3H3,(H,26,27). The summed E-state index contributed by atoms with van der Waals surface area (Å²) < 4.78 is 22.7. The molecule has 0 fully saturated rings. The Hall–Kier alpha value is -3.26. The number of benzene rings is 2. The number of rotatable bonds is 12. The molecule has 1 amide bonds. The third-order valence-electron chi connectivity index (χ3n) is 4.41. The quantitative estimate of drug-likeness (QED) is 0.384. The van der Waals surface area contributed by atoms with Crippen LogP contribution in [0.2, 0.25) is 0 Å². The maximum atomic E-state index is 12.8. The van der Waals surface area contributed by atoms with Gasteiger partial charge in [-0.2, -0.15) is 0 Å². The molecule has 0 saturated heterocycles. The second kappa shape index (κ2) is 12.0. The molecule has 0 unspecified atom stereocenters. The van der Waals surface area contributed by atoms with E-state index in [9.17, 15) is 4.79 Å². The van der Waals surface area contributed by atoms with Gasteiger partial charge >= 0.3 is 0 Å². The number of hydrogen-bond donors (Lipinski definition) is 1. The molecule has 0 bridgehead atoms. The first kappa shape index (κ1) is 23.4. The fourth-order valence-electron chi connectivity index (χ4n) is 2.83. The molecule has 2 aromatic carbocycles. The molecule has 32 heavy (non-hydrogen) atoms. The second-order valence-corrected chi connectivity index (χ2v) is 7.67. The lowest BCUT2D eigenvalue weighted by Crippen LogP contribution is -2.12. The summed E-state index contributed by atoms with van der Waals surface area (Å²) >= 11 is 1.51. The Kier molecular flexibility index (Phi) is 8.74. The van der Waals surface area contributed by atoms with Gasteiger partial charge in [0.1, 0.15) is 6.61 Å². The number of methoxy groups -OCH3 is 1. The molecule has 0 saturated carbocycles. The molecule has 170 valence electrons. The number of nitrogens with one attached hydrogen (secondary N) is 1. The topological polar surface area (TPSA) is 78.9 Å². The fourth-order valence-corrected chi connectivity index (χ4v) is 3.38. The van der Waals surface area contributed by atoms with Crippen molar-refractivity contribution in [2.24, 2.45) is 0 Å². The molecule has 8 heteroatoms. The first-order chi connectivity index (χ1) is 15.6. The molecule has 1 heterocycles. The van der Waals surface area contributed by atoms with Crippen LogP contribution >= 0.6 is 11.3 Å². The first-order valence-electron chi connectivity index (χ1n) is 10.5. The number of anilines is 1. The van der Waals surface area contributed by atoms with E-state index in [0.717, 1.165) is 18.5 Å². The number of aromatic nitrogens is 1. The van der Waals surface area contributed by atoms with Crippen molar-refractivity contribution in [1.29, 1.82) is 0 Å². The van der Waals surface area contributed by atoms with Crippen LogP contribution in [0, 0.1) is 0 Å². The van der Waals surface area contributed by atoms with Crippen LogP contribution in [-0.4, -0.2) is 31.2 Å². The number of carbonyl (C=O) groups excluding carboxylic acids is 1. The van der Waals surface area contributed by atoms with Crippen LogP contribution in [0.3, 0.4) is 0 Å². The number of ether oxygens (including phenoxy) is 4. The van der Waals surface area contributed by atoms with Crippen molar-refractivity contribution in [3.05, 3.63) is 58.5 Å². The van der Waals surface area contributed by atoms with E-state index in [1.807, 2.05) is 25.3 Å². The summed E-state index contributed by atoms with van der Waals surface area (Å²) in [4.78, 5) is 17.0. The Morgan fingerprint density at radius 1 is 0.938 bits per heavy atom. The van der Waals surface area contributed by atoms with Gasteiger partial charge in [0.25, 0.3) is 5.91 Å². The Morgan fingerprint density at radius 2 is 1.66 bits per heavy atom. The van der Waals surface area contributed by atoms with Gasteiger partial charge in [-0.05, 0) is 43.2 Å². The monoisotopic (exact) mass is 456 g/mol. The van der Waals surface area contributed by atoms with Crippen LogP contribution in [0.25, 0.3) is 0 Å². The van der Waals surface area contributed by atoms with E-state index in [-0.39, 0.29) is 5.91 Å². The largest absolute Gasteiger partial charge is 0.493 e. The van der Waals surface area contributed by atoms with E-state index in [1.54, 1.807) is 43.0 Å². The zero-order chi connectivity index (χ0) is 22.8. The molecule has 0 aliphatic heterocycles. The summed E-state index contributed by atoms with van der Waals surface area (Å²) in [6.45, 7) is 5.59. The maximum absolute atomic E-state index is 12.8. The lowest BCUT2D eigenvalue weighted by molar-refractivity contribution is 0.102. The highest BCUT2D eigenvalue weighted by molar-refractivity contribution is 7.07. The van der Waals surface area contributed by atoms with Gasteiger partial charge in [0.2, 0.25) is 0 Å². The van der Waals surface area contributed by atoms with Gasteiger partial charge in [0.05, 0.1) is 31.5 Å². The van der Waals surface area contributed by atoms with E-state index >= 15 is 0 Å². The number of hydrogen-bond acceptors (Lipinski definition) is 7. The summed E-state index contributed by atoms with van der Waals surface area (Å²) in [7, 11) is 1.54. The Bertz CT molecular complexity index is 1010. The number of carbonyl (C=O) groups is 1. The van der Waals surface area contributed by atoms with Crippen molar-refractivity contribution in [1.82, 2.24) is 4.98 Å². The molecule has 0 radical (unpaired) electrons. The van der Waals surface area contributed by atoms with Crippen molar-refractivity contribution >= 4 is 22.9 Å². The molecule has 0 aliphatic carbocycles. The lowest BCUT2D eigenvalue weighted by atomic mass is 10.1. The Morgan fingerprint density at radius 3 is 2.34 bits per heavy atom. The Balaban J connectivity index is 1.71. The molecule has 1 aromatic heterocycles. The number of amides is 1. The Labute approximate surface area is 192 Å². The molecule has 0 spiro atoms. The van der Waals surface area contributed by atoms with Crippen molar-refractivity contribution in [2.45, 2.75) is 33.3 Å². The zero-order valence-electron chi connectivity index (χ0n) is 18.6. The van der Waals surface area contributed by atoms with Crippen LogP contribution in [-0.2, 0) is 6.61 Å². The third-order valence-corrected chi connectivity index (χ3v) is 5.05. The van der Waals surface area contributed by atoms with Gasteiger partial charge < -0.3 is 24.3 Å². The summed E-state index contributed by atoms with van der Waals surface area (Å²) in [5.74, 6) is 2.04. The summed E-state index contributed by atoms with van der Waals surface area (Å²) in [6.07, 6.45) is 1.78. The molecule has 3 rings (SSSR count). The minimum absolute atomic E-state index is 0.266. The zero-order valence-corrected chi connectivity index (χ0v) is 19.4. The molecular weight excluding hydrogens is 428 g/mol. The van der Waals surface area contributed by atoms with E-state index < -0.39 is 0 Å². The van der Waals surface area contributed by atoms with Crippen LogP contribution in [0.1, 0.15) is 42.7 Å². The highest BCUT2D eigenvalue weighted by Crippen LogP contribution is 2.32. The van der Waals surface area contributed by atoms with E-state index in [1.165, 1.54) is 11.3 Å². The molecule has 7 nitrogen and oxygen atoms in total. The van der Waals surface area contributed by atoms with Crippen LogP contribution in [0.15, 0.2) is 47.3 Å². The van der Waals surface area contributed by atoms with E-state index in [0.29, 0.717) is 54.1 Å². The van der Waals surface area contributed by atoms with E-state index in [4.69, 9.17) is 18.9 Å². The number of nitrogens with zero attached hydrogens (tertiary/aromatic N) is 1. The molecule has 3 aromatic rings. The van der Waals surface area contributed by atoms with Gasteiger partial charge in [0, 0.05) is 22.7 Å². The normalized spacial score (nSPS) is 10.5. The summed E-state index contributed by atoms with van der Waals surface area (Å²) in [6, 6.07) is 10.5. The van der Waals surface area contributed by atoms with Crippen molar-refractivity contribution in [2.75, 3.05) is 25.6 Å². The minimum Gasteiger partial charge on any atom is -0.493 e. The molecular formula is C24H28N2O5S. The maximum Gasteiger partial charge on any atom is 0.255 e. The van der Waals surface area contributed by atoms with Gasteiger partial charge in [-0.15, -0.1) is 11.3 Å². The first-order valence-corrected chi connectivity index (χ1v) is 11.5.